The molecule has 0 atom stereocenters. The van der Waals surface area contributed by atoms with E-state index in [0.717, 1.165) is 0 Å². The number of carbonyl (C=O) groups is 1. The SMILES string of the molecule is C#CCOC(=O)c1ccc2[nH]c(-c3nc4ccccc4[nH]c3=O)c(N)c2c1. The number of H-pyrrole nitrogens is 2. The number of aromatic amines is 2. The van der Waals surface area contributed by atoms with Crippen molar-refractivity contribution in [3.05, 3.63) is 58.4 Å². The Kier molecular flexibility index (Phi) is 3.86. The summed E-state index contributed by atoms with van der Waals surface area (Å²) in [6, 6.07) is 12.1. The second-order valence-corrected chi connectivity index (χ2v) is 5.89. The van der Waals surface area contributed by atoms with Gasteiger partial charge in [0.2, 0.25) is 0 Å². The van der Waals surface area contributed by atoms with Crippen molar-refractivity contribution in [3.63, 3.8) is 0 Å². The van der Waals surface area contributed by atoms with Crippen LogP contribution in [0.3, 0.4) is 0 Å². The van der Waals surface area contributed by atoms with Crippen molar-refractivity contribution in [2.45, 2.75) is 0 Å². The molecule has 7 heteroatoms. The van der Waals surface area contributed by atoms with Gasteiger partial charge in [-0.25, -0.2) is 9.78 Å². The molecule has 0 bridgehead atoms. The minimum Gasteiger partial charge on any atom is -0.449 e. The van der Waals surface area contributed by atoms with Gasteiger partial charge in [-0.2, -0.15) is 0 Å². The van der Waals surface area contributed by atoms with Crippen molar-refractivity contribution in [2.75, 3.05) is 12.3 Å². The van der Waals surface area contributed by atoms with Crippen LogP contribution in [0, 0.1) is 12.3 Å². The molecule has 0 unspecified atom stereocenters. The van der Waals surface area contributed by atoms with Gasteiger partial charge in [0.15, 0.2) is 12.3 Å². The molecule has 4 N–H and O–H groups in total. The summed E-state index contributed by atoms with van der Waals surface area (Å²) in [7, 11) is 0. The van der Waals surface area contributed by atoms with Crippen molar-refractivity contribution in [1.29, 1.82) is 0 Å². The van der Waals surface area contributed by atoms with Gasteiger partial charge in [0.25, 0.3) is 5.56 Å². The summed E-state index contributed by atoms with van der Waals surface area (Å²) in [5.74, 6) is 1.70. The largest absolute Gasteiger partial charge is 0.449 e. The monoisotopic (exact) mass is 358 g/mol. The first-order valence-electron chi connectivity index (χ1n) is 8.09. The number of benzene rings is 2. The zero-order chi connectivity index (χ0) is 19.0. The summed E-state index contributed by atoms with van der Waals surface area (Å²) in [4.78, 5) is 34.8. The number of nitrogens with zero attached hydrogens (tertiary/aromatic N) is 1. The summed E-state index contributed by atoms with van der Waals surface area (Å²) in [5, 5.41) is 0.592. The van der Waals surface area contributed by atoms with Crippen LogP contribution in [0.15, 0.2) is 47.3 Å². The van der Waals surface area contributed by atoms with Gasteiger partial charge in [-0.3, -0.25) is 4.79 Å². The number of hydrogen-bond acceptors (Lipinski definition) is 5. The molecule has 132 valence electrons. The van der Waals surface area contributed by atoms with Crippen LogP contribution in [-0.2, 0) is 4.74 Å². The van der Waals surface area contributed by atoms with Crippen LogP contribution in [0.25, 0.3) is 33.3 Å². The van der Waals surface area contributed by atoms with E-state index in [9.17, 15) is 9.59 Å². The van der Waals surface area contributed by atoms with E-state index in [-0.39, 0.29) is 17.9 Å². The quantitative estimate of drug-likeness (QED) is 0.384. The molecule has 2 aromatic heterocycles. The molecule has 2 heterocycles. The lowest BCUT2D eigenvalue weighted by atomic mass is 10.1. The molecule has 4 aromatic rings. The lowest BCUT2D eigenvalue weighted by Crippen LogP contribution is -2.12. The minimum absolute atomic E-state index is 0.110. The average Bonchev–Trinajstić information content (AvgIpc) is 3.01. The maximum Gasteiger partial charge on any atom is 0.339 e. The van der Waals surface area contributed by atoms with Crippen molar-refractivity contribution < 1.29 is 9.53 Å². The first-order chi connectivity index (χ1) is 13.1. The first kappa shape index (κ1) is 16.4. The number of nitrogens with two attached hydrogens (primary N) is 1. The second kappa shape index (κ2) is 6.35. The number of terminal acetylenes is 1. The number of carbonyl (C=O) groups excluding carboxylic acids is 1. The Morgan fingerprint density at radius 2 is 2.00 bits per heavy atom. The van der Waals surface area contributed by atoms with Crippen LogP contribution < -0.4 is 11.3 Å². The van der Waals surface area contributed by atoms with Crippen molar-refractivity contribution in [2.24, 2.45) is 0 Å². The molecule has 0 aliphatic heterocycles. The number of aromatic nitrogens is 3. The van der Waals surface area contributed by atoms with Crippen molar-refractivity contribution in [3.8, 4) is 23.7 Å². The highest BCUT2D eigenvalue weighted by Gasteiger charge is 2.17. The van der Waals surface area contributed by atoms with E-state index < -0.39 is 5.97 Å². The van der Waals surface area contributed by atoms with Crippen LogP contribution in [0.2, 0.25) is 0 Å². The highest BCUT2D eigenvalue weighted by atomic mass is 16.5. The number of anilines is 1. The first-order valence-corrected chi connectivity index (χ1v) is 8.09. The molecule has 0 aliphatic carbocycles. The van der Waals surface area contributed by atoms with Gasteiger partial charge in [0, 0.05) is 10.9 Å². The number of fused-ring (bicyclic) bond motifs is 2. The predicted octanol–water partition coefficient (Wildman–Crippen LogP) is 2.44. The van der Waals surface area contributed by atoms with Gasteiger partial charge in [-0.05, 0) is 30.3 Å². The molecular formula is C20H14N4O3. The van der Waals surface area contributed by atoms with Gasteiger partial charge in [-0.15, -0.1) is 6.42 Å². The molecule has 0 saturated carbocycles. The van der Waals surface area contributed by atoms with E-state index in [2.05, 4.69) is 20.9 Å². The maximum absolute atomic E-state index is 12.5. The highest BCUT2D eigenvalue weighted by molar-refractivity contribution is 6.03. The fourth-order valence-electron chi connectivity index (χ4n) is 2.92. The summed E-state index contributed by atoms with van der Waals surface area (Å²) in [6.07, 6.45) is 5.10. The molecule has 27 heavy (non-hydrogen) atoms. The molecule has 2 aromatic carbocycles. The Bertz CT molecular complexity index is 1290. The number of esters is 1. The molecule has 0 aliphatic rings. The van der Waals surface area contributed by atoms with E-state index >= 15 is 0 Å². The fourth-order valence-corrected chi connectivity index (χ4v) is 2.92. The molecular weight excluding hydrogens is 344 g/mol. The van der Waals surface area contributed by atoms with Gasteiger partial charge >= 0.3 is 5.97 Å². The van der Waals surface area contributed by atoms with Crippen LogP contribution in [0.1, 0.15) is 10.4 Å². The molecule has 0 fully saturated rings. The van der Waals surface area contributed by atoms with E-state index in [0.29, 0.717) is 38.9 Å². The predicted molar refractivity (Wildman–Crippen MR) is 103 cm³/mol. The number of ether oxygens (including phenoxy) is 1. The van der Waals surface area contributed by atoms with Crippen molar-refractivity contribution >= 4 is 33.6 Å². The molecule has 0 saturated heterocycles. The van der Waals surface area contributed by atoms with E-state index in [1.165, 1.54) is 0 Å². The summed E-state index contributed by atoms with van der Waals surface area (Å²) in [5.41, 5.74) is 9.05. The van der Waals surface area contributed by atoms with Crippen molar-refractivity contribution in [1.82, 2.24) is 15.0 Å². The van der Waals surface area contributed by atoms with E-state index in [1.807, 2.05) is 12.1 Å². The van der Waals surface area contributed by atoms with Gasteiger partial charge in [0.05, 0.1) is 28.0 Å². The van der Waals surface area contributed by atoms with E-state index in [1.54, 1.807) is 30.3 Å². The Balaban J connectivity index is 1.85. The summed E-state index contributed by atoms with van der Waals surface area (Å²) < 4.78 is 4.93. The van der Waals surface area contributed by atoms with Gasteiger partial charge in [0.1, 0.15) is 0 Å². The standard InChI is InChI=1S/C20H14N4O3/c1-2-9-27-20(26)11-7-8-13-12(10-11)16(21)17(22-13)18-19(25)24-15-6-4-3-5-14(15)23-18/h1,3-8,10,22H,9,21H2,(H,24,25). The number of rotatable bonds is 3. The highest BCUT2D eigenvalue weighted by Crippen LogP contribution is 2.31. The lowest BCUT2D eigenvalue weighted by Gasteiger charge is -2.02. The maximum atomic E-state index is 12.5. The normalized spacial score (nSPS) is 10.8. The Labute approximate surface area is 153 Å². The van der Waals surface area contributed by atoms with Crippen LogP contribution in [0.5, 0.6) is 0 Å². The van der Waals surface area contributed by atoms with Crippen LogP contribution in [0.4, 0.5) is 5.69 Å². The lowest BCUT2D eigenvalue weighted by molar-refractivity contribution is 0.0557. The third kappa shape index (κ3) is 2.79. The smallest absolute Gasteiger partial charge is 0.339 e. The zero-order valence-corrected chi connectivity index (χ0v) is 14.1. The van der Waals surface area contributed by atoms with Crippen LogP contribution in [-0.4, -0.2) is 27.5 Å². The number of nitrogen functional groups attached to an aromatic ring is 1. The topological polar surface area (TPSA) is 114 Å². The number of para-hydroxylation sites is 2. The van der Waals surface area contributed by atoms with Gasteiger partial charge in [-0.1, -0.05) is 18.1 Å². The third-order valence-corrected chi connectivity index (χ3v) is 4.20. The third-order valence-electron chi connectivity index (χ3n) is 4.20. The second-order valence-electron chi connectivity index (χ2n) is 5.89. The molecule has 0 spiro atoms. The zero-order valence-electron chi connectivity index (χ0n) is 14.1. The Morgan fingerprint density at radius 3 is 2.81 bits per heavy atom. The Hall–Kier alpha value is -4.05. The van der Waals surface area contributed by atoms with E-state index in [4.69, 9.17) is 16.9 Å². The fraction of sp³-hybridized carbons (Fsp3) is 0.0500. The molecule has 0 amide bonds. The minimum atomic E-state index is -0.543. The van der Waals surface area contributed by atoms with Gasteiger partial charge < -0.3 is 20.4 Å². The van der Waals surface area contributed by atoms with Crippen LogP contribution >= 0.6 is 0 Å². The molecule has 4 rings (SSSR count). The number of hydrogen-bond donors (Lipinski definition) is 3. The summed E-state index contributed by atoms with van der Waals surface area (Å²) >= 11 is 0. The average molecular weight is 358 g/mol. The molecule has 7 nitrogen and oxygen atoms in total. The summed E-state index contributed by atoms with van der Waals surface area (Å²) in [6.45, 7) is -0.110. The number of nitrogens with one attached hydrogen (secondary N) is 2. The molecule has 0 radical (unpaired) electrons. The Morgan fingerprint density at radius 1 is 1.19 bits per heavy atom.